The van der Waals surface area contributed by atoms with Crippen LogP contribution in [0.25, 0.3) is 16.7 Å². The molecule has 1 saturated heterocycles. The van der Waals surface area contributed by atoms with Gasteiger partial charge in [-0.3, -0.25) is 9.78 Å². The second kappa shape index (κ2) is 11.7. The van der Waals surface area contributed by atoms with Gasteiger partial charge in [0, 0.05) is 56.1 Å². The standard InChI is InChI=1S/C25H28N6O3/c1-3-5-20(32)12-24(33)31-10-8-30(9-11-31)23-7-6-18(16-28-23)22-13-21(34-4-2)17-29-25(22)19(14-26)15-27/h1,6-7,13-14,16-17,20,32H,4-5,8-12,26H2,2H3. The number of rotatable bonds is 8. The fourth-order valence-corrected chi connectivity index (χ4v) is 3.75. The molecule has 1 atom stereocenters. The summed E-state index contributed by atoms with van der Waals surface area (Å²) in [7, 11) is 0. The highest BCUT2D eigenvalue weighted by Crippen LogP contribution is 2.31. The highest BCUT2D eigenvalue weighted by molar-refractivity contribution is 5.85. The van der Waals surface area contributed by atoms with Gasteiger partial charge in [0.2, 0.25) is 5.91 Å². The van der Waals surface area contributed by atoms with Crippen molar-refractivity contribution in [1.82, 2.24) is 14.9 Å². The number of hydrogen-bond donors (Lipinski definition) is 2. The number of aromatic nitrogens is 2. The lowest BCUT2D eigenvalue weighted by Gasteiger charge is -2.35. The van der Waals surface area contributed by atoms with Crippen molar-refractivity contribution >= 4 is 17.3 Å². The van der Waals surface area contributed by atoms with Crippen molar-refractivity contribution in [3.05, 3.63) is 42.5 Å². The number of ether oxygens (including phenoxy) is 1. The molecule has 176 valence electrons. The summed E-state index contributed by atoms with van der Waals surface area (Å²) < 4.78 is 5.57. The number of nitrogens with two attached hydrogens (primary N) is 1. The van der Waals surface area contributed by atoms with Gasteiger partial charge in [0.1, 0.15) is 17.6 Å². The number of terminal acetylenes is 1. The zero-order valence-corrected chi connectivity index (χ0v) is 19.1. The number of allylic oxidation sites excluding steroid dienone is 1. The Bertz CT molecular complexity index is 1110. The van der Waals surface area contributed by atoms with Crippen LogP contribution in [-0.4, -0.2) is 64.8 Å². The summed E-state index contributed by atoms with van der Waals surface area (Å²) in [4.78, 5) is 25.2. The summed E-state index contributed by atoms with van der Waals surface area (Å²) in [5, 5.41) is 19.2. The van der Waals surface area contributed by atoms with Gasteiger partial charge >= 0.3 is 0 Å². The SMILES string of the molecule is C#CCC(O)CC(=O)N1CCN(c2ccc(-c3cc(OCC)cnc3C(C#N)=CN)cn2)CC1. The van der Waals surface area contributed by atoms with E-state index in [1.54, 1.807) is 17.3 Å². The molecule has 0 saturated carbocycles. The molecule has 3 N–H and O–H groups in total. The number of anilines is 1. The zero-order valence-electron chi connectivity index (χ0n) is 19.1. The number of aliphatic hydroxyl groups excluding tert-OH is 1. The molecule has 9 heteroatoms. The topological polar surface area (TPSA) is 129 Å². The molecule has 0 aliphatic carbocycles. The van der Waals surface area contributed by atoms with Gasteiger partial charge in [0.15, 0.2) is 0 Å². The minimum absolute atomic E-state index is 0.0380. The summed E-state index contributed by atoms with van der Waals surface area (Å²) in [5.41, 5.74) is 7.82. The molecule has 1 unspecified atom stereocenters. The third kappa shape index (κ3) is 5.83. The predicted molar refractivity (Wildman–Crippen MR) is 129 cm³/mol. The first-order valence-electron chi connectivity index (χ1n) is 11.1. The van der Waals surface area contributed by atoms with Gasteiger partial charge in [0.05, 0.1) is 36.6 Å². The second-order valence-corrected chi connectivity index (χ2v) is 7.73. The normalized spacial score (nSPS) is 14.8. The first kappa shape index (κ1) is 24.6. The first-order valence-corrected chi connectivity index (χ1v) is 11.1. The maximum Gasteiger partial charge on any atom is 0.225 e. The van der Waals surface area contributed by atoms with E-state index in [2.05, 4.69) is 26.9 Å². The quantitative estimate of drug-likeness (QED) is 0.451. The van der Waals surface area contributed by atoms with Crippen LogP contribution in [0.3, 0.4) is 0 Å². The van der Waals surface area contributed by atoms with Crippen LogP contribution in [0, 0.1) is 23.7 Å². The van der Waals surface area contributed by atoms with Crippen LogP contribution in [0.2, 0.25) is 0 Å². The van der Waals surface area contributed by atoms with E-state index in [0.29, 0.717) is 49.8 Å². The Hall–Kier alpha value is -4.08. The Balaban J connectivity index is 1.73. The van der Waals surface area contributed by atoms with Crippen LogP contribution in [0.15, 0.2) is 36.8 Å². The molecule has 2 aromatic rings. The molecule has 1 aliphatic rings. The fourth-order valence-electron chi connectivity index (χ4n) is 3.75. The van der Waals surface area contributed by atoms with Crippen molar-refractivity contribution in [2.45, 2.75) is 25.9 Å². The number of nitrogens with zero attached hydrogens (tertiary/aromatic N) is 5. The van der Waals surface area contributed by atoms with Crippen LogP contribution in [0.5, 0.6) is 5.75 Å². The lowest BCUT2D eigenvalue weighted by Crippen LogP contribution is -2.49. The Morgan fingerprint density at radius 3 is 2.68 bits per heavy atom. The van der Waals surface area contributed by atoms with Gasteiger partial charge in [-0.2, -0.15) is 5.26 Å². The third-order valence-corrected chi connectivity index (χ3v) is 5.49. The zero-order chi connectivity index (χ0) is 24.5. The van der Waals surface area contributed by atoms with E-state index >= 15 is 0 Å². The Labute approximate surface area is 199 Å². The third-order valence-electron chi connectivity index (χ3n) is 5.49. The Morgan fingerprint density at radius 1 is 1.32 bits per heavy atom. The van der Waals surface area contributed by atoms with Crippen molar-refractivity contribution in [2.75, 3.05) is 37.7 Å². The molecule has 1 aliphatic heterocycles. The van der Waals surface area contributed by atoms with Crippen molar-refractivity contribution in [3.8, 4) is 35.3 Å². The number of aliphatic hydroxyl groups is 1. The lowest BCUT2D eigenvalue weighted by atomic mass is 10.0. The average molecular weight is 461 g/mol. The molecule has 0 bridgehead atoms. The summed E-state index contributed by atoms with van der Waals surface area (Å²) in [6.45, 7) is 4.73. The molecule has 9 nitrogen and oxygen atoms in total. The molecule has 1 fully saturated rings. The van der Waals surface area contributed by atoms with E-state index < -0.39 is 6.10 Å². The van der Waals surface area contributed by atoms with E-state index in [9.17, 15) is 15.2 Å². The van der Waals surface area contributed by atoms with E-state index in [1.165, 1.54) is 6.20 Å². The maximum atomic E-state index is 12.3. The number of carbonyl (C=O) groups is 1. The number of amides is 1. The smallest absolute Gasteiger partial charge is 0.225 e. The molecule has 34 heavy (non-hydrogen) atoms. The van der Waals surface area contributed by atoms with Crippen molar-refractivity contribution in [2.24, 2.45) is 5.73 Å². The number of piperazine rings is 1. The summed E-state index contributed by atoms with van der Waals surface area (Å²) in [5.74, 6) is 3.65. The minimum Gasteiger partial charge on any atom is -0.492 e. The number of pyridine rings is 2. The van der Waals surface area contributed by atoms with Gasteiger partial charge in [0.25, 0.3) is 0 Å². The maximum absolute atomic E-state index is 12.3. The van der Waals surface area contributed by atoms with Crippen molar-refractivity contribution < 1.29 is 14.6 Å². The van der Waals surface area contributed by atoms with E-state index in [0.717, 1.165) is 11.4 Å². The number of carbonyl (C=O) groups excluding carboxylic acids is 1. The molecule has 1 amide bonds. The molecule has 0 aromatic carbocycles. The largest absolute Gasteiger partial charge is 0.492 e. The highest BCUT2D eigenvalue weighted by Gasteiger charge is 2.23. The molecule has 0 radical (unpaired) electrons. The van der Waals surface area contributed by atoms with Crippen LogP contribution in [0.4, 0.5) is 5.82 Å². The van der Waals surface area contributed by atoms with Crippen LogP contribution in [-0.2, 0) is 4.79 Å². The molecular weight excluding hydrogens is 432 g/mol. The molecule has 0 spiro atoms. The monoisotopic (exact) mass is 460 g/mol. The highest BCUT2D eigenvalue weighted by atomic mass is 16.5. The van der Waals surface area contributed by atoms with Gasteiger partial charge in [-0.1, -0.05) is 0 Å². The average Bonchev–Trinajstić information content (AvgIpc) is 2.86. The molecular formula is C25H28N6O3. The summed E-state index contributed by atoms with van der Waals surface area (Å²) in [6, 6.07) is 7.71. The van der Waals surface area contributed by atoms with Crippen LogP contribution < -0.4 is 15.4 Å². The van der Waals surface area contributed by atoms with E-state index in [1.807, 2.05) is 25.1 Å². The second-order valence-electron chi connectivity index (χ2n) is 7.73. The number of nitriles is 1. The minimum atomic E-state index is -0.805. The van der Waals surface area contributed by atoms with Gasteiger partial charge in [-0.25, -0.2) is 4.98 Å². The Kier molecular flexibility index (Phi) is 8.44. The van der Waals surface area contributed by atoms with Gasteiger partial charge < -0.3 is 25.4 Å². The Morgan fingerprint density at radius 2 is 2.09 bits per heavy atom. The van der Waals surface area contributed by atoms with E-state index in [4.69, 9.17) is 16.9 Å². The molecule has 3 heterocycles. The summed E-state index contributed by atoms with van der Waals surface area (Å²) in [6.07, 6.45) is 9.12. The summed E-state index contributed by atoms with van der Waals surface area (Å²) >= 11 is 0. The molecule has 3 rings (SSSR count). The van der Waals surface area contributed by atoms with Gasteiger partial charge in [-0.15, -0.1) is 12.3 Å². The first-order chi connectivity index (χ1) is 16.5. The number of hydrogen-bond acceptors (Lipinski definition) is 8. The van der Waals surface area contributed by atoms with Crippen LogP contribution in [0.1, 0.15) is 25.5 Å². The van der Waals surface area contributed by atoms with Crippen molar-refractivity contribution in [3.63, 3.8) is 0 Å². The van der Waals surface area contributed by atoms with E-state index in [-0.39, 0.29) is 24.3 Å². The van der Waals surface area contributed by atoms with Crippen molar-refractivity contribution in [1.29, 1.82) is 5.26 Å². The molecule has 2 aromatic heterocycles. The fraction of sp³-hybridized carbons (Fsp3) is 0.360. The van der Waals surface area contributed by atoms with Crippen LogP contribution >= 0.6 is 0 Å². The lowest BCUT2D eigenvalue weighted by molar-refractivity contribution is -0.133. The van der Waals surface area contributed by atoms with Gasteiger partial charge in [-0.05, 0) is 25.1 Å². The predicted octanol–water partition coefficient (Wildman–Crippen LogP) is 1.79.